The summed E-state index contributed by atoms with van der Waals surface area (Å²) in [5, 5.41) is 3.05. The first-order valence-corrected chi connectivity index (χ1v) is 9.59. The molecule has 0 aliphatic heterocycles. The molecular weight excluding hydrogens is 374 g/mol. The van der Waals surface area contributed by atoms with Crippen LogP contribution in [0.15, 0.2) is 70.7 Å². The second-order valence-electron chi connectivity index (χ2n) is 6.22. The van der Waals surface area contributed by atoms with Crippen LogP contribution in [0.25, 0.3) is 0 Å². The van der Waals surface area contributed by atoms with Crippen LogP contribution in [0.2, 0.25) is 0 Å². The second kappa shape index (κ2) is 8.67. The number of nitrogens with zero attached hydrogens (tertiary/aromatic N) is 2. The average molecular weight is 393 g/mol. The van der Waals surface area contributed by atoms with Crippen molar-refractivity contribution >= 4 is 29.1 Å². The number of carbonyl (C=O) groups is 2. The van der Waals surface area contributed by atoms with Crippen molar-refractivity contribution in [1.82, 2.24) is 9.55 Å². The van der Waals surface area contributed by atoms with Crippen molar-refractivity contribution in [1.29, 1.82) is 0 Å². The van der Waals surface area contributed by atoms with E-state index in [0.29, 0.717) is 16.4 Å². The number of Topliss-reactive ketones (excluding diaryl/α,β-unsaturated/α-hetero) is 1. The number of ketones is 1. The van der Waals surface area contributed by atoms with Gasteiger partial charge in [-0.2, -0.15) is 0 Å². The minimum absolute atomic E-state index is 0.0508. The molecule has 0 spiro atoms. The van der Waals surface area contributed by atoms with Gasteiger partial charge in [0.05, 0.1) is 5.75 Å². The van der Waals surface area contributed by atoms with E-state index in [1.54, 1.807) is 36.4 Å². The molecule has 0 unspecified atom stereocenters. The highest BCUT2D eigenvalue weighted by Crippen LogP contribution is 2.16. The van der Waals surface area contributed by atoms with Crippen molar-refractivity contribution in [2.45, 2.75) is 12.1 Å². The Kier molecular flexibility index (Phi) is 6.06. The number of anilines is 1. The van der Waals surface area contributed by atoms with Gasteiger partial charge in [-0.1, -0.05) is 59.8 Å². The van der Waals surface area contributed by atoms with E-state index in [1.165, 1.54) is 17.8 Å². The predicted molar refractivity (Wildman–Crippen MR) is 110 cm³/mol. The monoisotopic (exact) mass is 393 g/mol. The highest BCUT2D eigenvalue weighted by molar-refractivity contribution is 7.99. The molecule has 3 aromatic rings. The summed E-state index contributed by atoms with van der Waals surface area (Å²) in [5.41, 5.74) is 1.77. The summed E-state index contributed by atoms with van der Waals surface area (Å²) >= 11 is 1.16. The van der Waals surface area contributed by atoms with Gasteiger partial charge in [0, 0.05) is 24.5 Å². The summed E-state index contributed by atoms with van der Waals surface area (Å²) in [7, 11) is 1.54. The van der Waals surface area contributed by atoms with Gasteiger partial charge in [-0.05, 0) is 19.1 Å². The molecule has 0 aliphatic carbocycles. The van der Waals surface area contributed by atoms with Gasteiger partial charge in [-0.15, -0.1) is 0 Å². The molecule has 0 bridgehead atoms. The molecule has 0 saturated heterocycles. The van der Waals surface area contributed by atoms with E-state index in [1.807, 2.05) is 25.1 Å². The van der Waals surface area contributed by atoms with Crippen LogP contribution in [0.5, 0.6) is 0 Å². The van der Waals surface area contributed by atoms with Crippen LogP contribution < -0.4 is 10.9 Å². The number of thioether (sulfide) groups is 1. The van der Waals surface area contributed by atoms with Gasteiger partial charge >= 0.3 is 0 Å². The van der Waals surface area contributed by atoms with Crippen LogP contribution >= 0.6 is 11.8 Å². The smallest absolute Gasteiger partial charge is 0.266 e. The molecule has 28 heavy (non-hydrogen) atoms. The highest BCUT2D eigenvalue weighted by atomic mass is 32.2. The summed E-state index contributed by atoms with van der Waals surface area (Å²) in [5.74, 6) is -0.421. The SMILES string of the molecule is Cc1ccc(C(=O)CSc2ncc(C(=O)Nc3ccccc3)c(=O)n2C)cc1. The first kappa shape index (κ1) is 19.6. The summed E-state index contributed by atoms with van der Waals surface area (Å²) in [6.07, 6.45) is 1.25. The number of carbonyl (C=O) groups excluding carboxylic acids is 2. The van der Waals surface area contributed by atoms with Gasteiger partial charge in [0.15, 0.2) is 10.9 Å². The van der Waals surface area contributed by atoms with Gasteiger partial charge in [-0.25, -0.2) is 4.98 Å². The number of hydrogen-bond donors (Lipinski definition) is 1. The fourth-order valence-corrected chi connectivity index (χ4v) is 3.32. The van der Waals surface area contributed by atoms with Crippen LogP contribution in [0.3, 0.4) is 0 Å². The van der Waals surface area contributed by atoms with Crippen molar-refractivity contribution in [2.75, 3.05) is 11.1 Å². The van der Waals surface area contributed by atoms with Crippen LogP contribution in [-0.2, 0) is 7.05 Å². The minimum Gasteiger partial charge on any atom is -0.322 e. The maximum atomic E-state index is 12.5. The van der Waals surface area contributed by atoms with E-state index in [0.717, 1.165) is 17.3 Å². The topological polar surface area (TPSA) is 81.1 Å². The molecule has 0 atom stereocenters. The third kappa shape index (κ3) is 4.55. The number of hydrogen-bond acceptors (Lipinski definition) is 5. The Morgan fingerprint density at radius 1 is 1.07 bits per heavy atom. The lowest BCUT2D eigenvalue weighted by molar-refractivity contribution is 0.101. The fourth-order valence-electron chi connectivity index (χ4n) is 2.49. The largest absolute Gasteiger partial charge is 0.322 e. The van der Waals surface area contributed by atoms with Gasteiger partial charge < -0.3 is 5.32 Å². The van der Waals surface area contributed by atoms with E-state index in [4.69, 9.17) is 0 Å². The van der Waals surface area contributed by atoms with Gasteiger partial charge in [0.25, 0.3) is 11.5 Å². The lowest BCUT2D eigenvalue weighted by atomic mass is 10.1. The lowest BCUT2D eigenvalue weighted by Gasteiger charge is -2.09. The van der Waals surface area contributed by atoms with Crippen molar-refractivity contribution < 1.29 is 9.59 Å². The first-order chi connectivity index (χ1) is 13.5. The van der Waals surface area contributed by atoms with Gasteiger partial charge in [0.1, 0.15) is 5.56 Å². The Morgan fingerprint density at radius 2 is 1.75 bits per heavy atom. The van der Waals surface area contributed by atoms with Gasteiger partial charge in [0.2, 0.25) is 0 Å². The molecule has 0 fully saturated rings. The van der Waals surface area contributed by atoms with Crippen molar-refractivity contribution in [3.05, 3.63) is 87.8 Å². The summed E-state index contributed by atoms with van der Waals surface area (Å²) in [6, 6.07) is 16.2. The Bertz CT molecular complexity index is 1060. The number of rotatable bonds is 6. The zero-order valence-electron chi connectivity index (χ0n) is 15.5. The zero-order valence-corrected chi connectivity index (χ0v) is 16.3. The average Bonchev–Trinajstić information content (AvgIpc) is 2.70. The summed E-state index contributed by atoms with van der Waals surface area (Å²) < 4.78 is 1.28. The Morgan fingerprint density at radius 3 is 2.43 bits per heavy atom. The second-order valence-corrected chi connectivity index (χ2v) is 7.16. The van der Waals surface area contributed by atoms with E-state index >= 15 is 0 Å². The normalized spacial score (nSPS) is 10.5. The van der Waals surface area contributed by atoms with E-state index in [-0.39, 0.29) is 17.1 Å². The van der Waals surface area contributed by atoms with Crippen molar-refractivity contribution in [3.63, 3.8) is 0 Å². The molecule has 7 heteroatoms. The van der Waals surface area contributed by atoms with Crippen LogP contribution in [0, 0.1) is 6.92 Å². The molecule has 1 N–H and O–H groups in total. The maximum Gasteiger partial charge on any atom is 0.266 e. The molecule has 0 radical (unpaired) electrons. The summed E-state index contributed by atoms with van der Waals surface area (Å²) in [6.45, 7) is 1.96. The molecule has 142 valence electrons. The number of para-hydroxylation sites is 1. The van der Waals surface area contributed by atoms with Gasteiger partial charge in [-0.3, -0.25) is 19.0 Å². The number of amides is 1. The maximum absolute atomic E-state index is 12.5. The standard InChI is InChI=1S/C21H19N3O3S/c1-14-8-10-15(11-9-14)18(25)13-28-21-22-12-17(20(27)24(21)2)19(26)23-16-6-4-3-5-7-16/h3-12H,13H2,1-2H3,(H,23,26). The molecule has 2 aromatic carbocycles. The summed E-state index contributed by atoms with van der Waals surface area (Å²) in [4.78, 5) is 41.4. The molecule has 1 heterocycles. The molecule has 1 amide bonds. The van der Waals surface area contributed by atoms with Crippen LogP contribution in [0.4, 0.5) is 5.69 Å². The molecule has 3 rings (SSSR count). The predicted octanol–water partition coefficient (Wildman–Crippen LogP) is 3.32. The van der Waals surface area contributed by atoms with E-state index < -0.39 is 11.5 Å². The third-order valence-electron chi connectivity index (χ3n) is 4.11. The molecule has 0 aliphatic rings. The zero-order chi connectivity index (χ0) is 20.1. The van der Waals surface area contributed by atoms with E-state index in [2.05, 4.69) is 10.3 Å². The minimum atomic E-state index is -0.522. The Hall–Kier alpha value is -3.19. The number of aryl methyl sites for hydroxylation is 1. The number of benzene rings is 2. The van der Waals surface area contributed by atoms with E-state index in [9.17, 15) is 14.4 Å². The Balaban J connectivity index is 1.71. The number of nitrogens with one attached hydrogen (secondary N) is 1. The number of aromatic nitrogens is 2. The molecule has 1 aromatic heterocycles. The van der Waals surface area contributed by atoms with Crippen LogP contribution in [0.1, 0.15) is 26.3 Å². The third-order valence-corrected chi connectivity index (χ3v) is 5.15. The molecule has 6 nitrogen and oxygen atoms in total. The first-order valence-electron chi connectivity index (χ1n) is 8.61. The Labute approximate surface area is 166 Å². The highest BCUT2D eigenvalue weighted by Gasteiger charge is 2.16. The molecule has 0 saturated carbocycles. The molecular formula is C21H19N3O3S. The lowest BCUT2D eigenvalue weighted by Crippen LogP contribution is -2.29. The van der Waals surface area contributed by atoms with Crippen LogP contribution in [-0.4, -0.2) is 27.0 Å². The van der Waals surface area contributed by atoms with Crippen molar-refractivity contribution in [2.24, 2.45) is 7.05 Å². The quantitative estimate of drug-likeness (QED) is 0.395. The van der Waals surface area contributed by atoms with Crippen molar-refractivity contribution in [3.8, 4) is 0 Å². The fraction of sp³-hybridized carbons (Fsp3) is 0.143.